The second-order valence-electron chi connectivity index (χ2n) is 6.01. The molecule has 0 saturated heterocycles. The number of hydrogen-bond acceptors (Lipinski definition) is 4. The first-order valence-corrected chi connectivity index (χ1v) is 8.41. The monoisotopic (exact) mass is 396 g/mol. The van der Waals surface area contributed by atoms with Gasteiger partial charge < -0.3 is 4.84 Å². The van der Waals surface area contributed by atoms with Crippen LogP contribution in [0.15, 0.2) is 71.5 Å². The lowest BCUT2D eigenvalue weighted by Crippen LogP contribution is -2.34. The molecule has 0 spiro atoms. The maximum absolute atomic E-state index is 14.4. The van der Waals surface area contributed by atoms with Gasteiger partial charge in [0, 0.05) is 0 Å². The zero-order chi connectivity index (χ0) is 20.5. The molecule has 144 valence electrons. The Morgan fingerprint density at radius 1 is 0.828 bits per heavy atom. The minimum atomic E-state index is -1.46. The van der Waals surface area contributed by atoms with E-state index in [1.165, 1.54) is 30.3 Å². The van der Waals surface area contributed by atoms with E-state index in [0.717, 1.165) is 24.3 Å². The van der Waals surface area contributed by atoms with Crippen molar-refractivity contribution in [1.29, 1.82) is 0 Å². The topological polar surface area (TPSA) is 61.2 Å². The van der Waals surface area contributed by atoms with Gasteiger partial charge in [0.05, 0.1) is 16.5 Å². The van der Waals surface area contributed by atoms with Gasteiger partial charge in [-0.25, -0.2) is 22.9 Å². The minimum Gasteiger partial charge on any atom is -0.326 e. The van der Waals surface area contributed by atoms with Crippen molar-refractivity contribution in [2.45, 2.75) is 0 Å². The number of para-hydroxylation sites is 1. The lowest BCUT2D eigenvalue weighted by Gasteiger charge is -2.14. The molecule has 0 bridgehead atoms. The first-order valence-electron chi connectivity index (χ1n) is 8.41. The van der Waals surface area contributed by atoms with Gasteiger partial charge in [-0.05, 0) is 36.4 Å². The van der Waals surface area contributed by atoms with Crippen molar-refractivity contribution in [2.75, 3.05) is 0 Å². The Morgan fingerprint density at radius 3 is 2.17 bits per heavy atom. The van der Waals surface area contributed by atoms with Crippen molar-refractivity contribution in [2.24, 2.45) is 0 Å². The molecule has 5 nitrogen and oxygen atoms in total. The minimum absolute atomic E-state index is 0.0781. The summed E-state index contributed by atoms with van der Waals surface area (Å²) < 4.78 is 42.7. The summed E-state index contributed by atoms with van der Waals surface area (Å²) in [6.07, 6.45) is 0. The molecular formula is C21H11F3N2O3. The van der Waals surface area contributed by atoms with Crippen molar-refractivity contribution in [1.82, 2.24) is 9.71 Å². The fourth-order valence-corrected chi connectivity index (χ4v) is 2.84. The number of rotatable bonds is 3. The van der Waals surface area contributed by atoms with Gasteiger partial charge >= 0.3 is 5.97 Å². The summed E-state index contributed by atoms with van der Waals surface area (Å²) in [5.41, 5.74) is -1.71. The molecule has 0 amide bonds. The number of carbonyl (C=O) groups is 1. The molecule has 1 heterocycles. The Labute approximate surface area is 161 Å². The number of aromatic nitrogens is 2. The second-order valence-corrected chi connectivity index (χ2v) is 6.01. The first-order chi connectivity index (χ1) is 14.0. The third-order valence-corrected chi connectivity index (χ3v) is 4.19. The number of nitrogens with zero attached hydrogens (tertiary/aromatic N) is 2. The Hall–Kier alpha value is -3.94. The lowest BCUT2D eigenvalue weighted by atomic mass is 10.2. The van der Waals surface area contributed by atoms with Gasteiger partial charge in [0.2, 0.25) is 0 Å². The van der Waals surface area contributed by atoms with Crippen LogP contribution in [0.3, 0.4) is 0 Å². The van der Waals surface area contributed by atoms with E-state index in [-0.39, 0.29) is 22.3 Å². The summed E-state index contributed by atoms with van der Waals surface area (Å²) in [6.45, 7) is 0. The molecule has 8 heteroatoms. The molecule has 0 radical (unpaired) electrons. The van der Waals surface area contributed by atoms with E-state index >= 15 is 0 Å². The maximum Gasteiger partial charge on any atom is 0.369 e. The van der Waals surface area contributed by atoms with Crippen LogP contribution in [0.4, 0.5) is 13.2 Å². The summed E-state index contributed by atoms with van der Waals surface area (Å²) >= 11 is 0. The molecule has 0 aliphatic rings. The third kappa shape index (κ3) is 3.25. The lowest BCUT2D eigenvalue weighted by molar-refractivity contribution is 0.0438. The van der Waals surface area contributed by atoms with Crippen molar-refractivity contribution in [3.63, 3.8) is 0 Å². The van der Waals surface area contributed by atoms with Gasteiger partial charge in [-0.15, -0.1) is 4.73 Å². The molecule has 0 fully saturated rings. The molecule has 0 unspecified atom stereocenters. The quantitative estimate of drug-likeness (QED) is 0.529. The predicted molar refractivity (Wildman–Crippen MR) is 98.7 cm³/mol. The van der Waals surface area contributed by atoms with E-state index in [1.807, 2.05) is 0 Å². The normalized spacial score (nSPS) is 10.9. The maximum atomic E-state index is 14.4. The van der Waals surface area contributed by atoms with E-state index in [4.69, 9.17) is 4.84 Å². The van der Waals surface area contributed by atoms with Gasteiger partial charge in [0.15, 0.2) is 5.82 Å². The van der Waals surface area contributed by atoms with Crippen molar-refractivity contribution in [3.05, 3.63) is 100 Å². The fourth-order valence-electron chi connectivity index (χ4n) is 2.84. The van der Waals surface area contributed by atoms with Gasteiger partial charge in [0.1, 0.15) is 23.0 Å². The van der Waals surface area contributed by atoms with Crippen LogP contribution in [-0.4, -0.2) is 15.7 Å². The van der Waals surface area contributed by atoms with E-state index in [9.17, 15) is 22.8 Å². The first kappa shape index (κ1) is 18.4. The summed E-state index contributed by atoms with van der Waals surface area (Å²) in [6, 6.07) is 14.4. The highest BCUT2D eigenvalue weighted by atomic mass is 19.1. The molecule has 4 aromatic rings. The van der Waals surface area contributed by atoms with Crippen molar-refractivity contribution < 1.29 is 22.8 Å². The number of halogens is 3. The Bertz CT molecular complexity index is 1300. The molecule has 0 atom stereocenters. The van der Waals surface area contributed by atoms with E-state index in [2.05, 4.69) is 4.98 Å². The zero-order valence-electron chi connectivity index (χ0n) is 14.6. The largest absolute Gasteiger partial charge is 0.369 e. The number of hydrogen-bond donors (Lipinski definition) is 0. The average molecular weight is 396 g/mol. The van der Waals surface area contributed by atoms with Crippen LogP contribution >= 0.6 is 0 Å². The Balaban J connectivity index is 1.94. The number of carbonyl (C=O) groups excluding carboxylic acids is 1. The fraction of sp³-hybridized carbons (Fsp3) is 0. The molecule has 1 aromatic heterocycles. The summed E-state index contributed by atoms with van der Waals surface area (Å²) in [5.74, 6) is -4.83. The highest BCUT2D eigenvalue weighted by molar-refractivity contribution is 5.90. The molecular weight excluding hydrogens is 385 g/mol. The van der Waals surface area contributed by atoms with Crippen LogP contribution in [0.25, 0.3) is 22.3 Å². The van der Waals surface area contributed by atoms with Gasteiger partial charge in [-0.3, -0.25) is 4.79 Å². The third-order valence-electron chi connectivity index (χ3n) is 4.19. The number of fused-ring (bicyclic) bond motifs is 1. The highest BCUT2D eigenvalue weighted by Crippen LogP contribution is 2.22. The predicted octanol–water partition coefficient (Wildman–Crippen LogP) is 3.75. The summed E-state index contributed by atoms with van der Waals surface area (Å²) in [4.78, 5) is 34.5. The molecule has 3 aromatic carbocycles. The molecule has 0 N–H and O–H groups in total. The molecule has 29 heavy (non-hydrogen) atoms. The van der Waals surface area contributed by atoms with Crippen LogP contribution in [0.5, 0.6) is 0 Å². The Morgan fingerprint density at radius 2 is 1.45 bits per heavy atom. The van der Waals surface area contributed by atoms with Gasteiger partial charge in [0.25, 0.3) is 5.56 Å². The standard InChI is InChI=1S/C21H11F3N2O3/c22-14-8-3-1-6-12(14)19-25-17-11-4-2-7-13(17)20(27)26(19)29-21(28)18-15(23)9-5-10-16(18)24/h1-11H. The van der Waals surface area contributed by atoms with Gasteiger partial charge in [-0.2, -0.15) is 0 Å². The summed E-state index contributed by atoms with van der Waals surface area (Å²) in [5, 5.41) is 0.0781. The molecule has 0 aliphatic heterocycles. The SMILES string of the molecule is O=C(On1c(-c2ccccc2F)nc2ccccc2c1=O)c1c(F)cccc1F. The van der Waals surface area contributed by atoms with Gasteiger partial charge in [-0.1, -0.05) is 30.3 Å². The summed E-state index contributed by atoms with van der Waals surface area (Å²) in [7, 11) is 0. The van der Waals surface area contributed by atoms with Crippen LogP contribution < -0.4 is 10.4 Å². The van der Waals surface area contributed by atoms with E-state index in [1.54, 1.807) is 12.1 Å². The number of benzene rings is 3. The Kier molecular flexibility index (Phi) is 4.59. The average Bonchev–Trinajstić information content (AvgIpc) is 2.70. The molecule has 0 saturated carbocycles. The van der Waals surface area contributed by atoms with Crippen LogP contribution in [-0.2, 0) is 0 Å². The van der Waals surface area contributed by atoms with E-state index < -0.39 is 34.5 Å². The van der Waals surface area contributed by atoms with Crippen LogP contribution in [0, 0.1) is 17.5 Å². The van der Waals surface area contributed by atoms with E-state index in [0.29, 0.717) is 4.73 Å². The molecule has 4 rings (SSSR count). The zero-order valence-corrected chi connectivity index (χ0v) is 14.6. The molecule has 0 aliphatic carbocycles. The van der Waals surface area contributed by atoms with Crippen LogP contribution in [0.2, 0.25) is 0 Å². The van der Waals surface area contributed by atoms with Crippen LogP contribution in [0.1, 0.15) is 10.4 Å². The smallest absolute Gasteiger partial charge is 0.326 e. The van der Waals surface area contributed by atoms with Crippen molar-refractivity contribution >= 4 is 16.9 Å². The second kappa shape index (κ2) is 7.23. The van der Waals surface area contributed by atoms with Crippen molar-refractivity contribution in [3.8, 4) is 11.4 Å². The highest BCUT2D eigenvalue weighted by Gasteiger charge is 2.24.